The third kappa shape index (κ3) is 4.60. The number of hydrogen-bond acceptors (Lipinski definition) is 5. The Bertz CT molecular complexity index is 728. The minimum absolute atomic E-state index is 0.00774. The average Bonchev–Trinajstić information content (AvgIpc) is 3.09. The fourth-order valence-electron chi connectivity index (χ4n) is 2.52. The zero-order chi connectivity index (χ0) is 17.6. The molecule has 7 nitrogen and oxygen atoms in total. The number of para-hydroxylation sites is 1. The van der Waals surface area contributed by atoms with Crippen LogP contribution in [0.2, 0.25) is 0 Å². The summed E-state index contributed by atoms with van der Waals surface area (Å²) in [5.41, 5.74) is 0. The highest BCUT2D eigenvalue weighted by Crippen LogP contribution is 2.23. The lowest BCUT2D eigenvalue weighted by Crippen LogP contribution is -2.49. The average molecular weight is 344 g/mol. The van der Waals surface area contributed by atoms with E-state index in [-0.39, 0.29) is 29.6 Å². The Morgan fingerprint density at radius 1 is 1.24 bits per heavy atom. The second-order valence-corrected chi connectivity index (χ2v) is 5.70. The van der Waals surface area contributed by atoms with E-state index in [2.05, 4.69) is 5.32 Å². The van der Waals surface area contributed by atoms with Crippen molar-refractivity contribution >= 4 is 11.8 Å². The number of rotatable bonds is 5. The summed E-state index contributed by atoms with van der Waals surface area (Å²) in [4.78, 5) is 25.3. The van der Waals surface area contributed by atoms with Crippen molar-refractivity contribution in [3.63, 3.8) is 0 Å². The molecule has 1 unspecified atom stereocenters. The molecule has 2 heterocycles. The smallest absolute Gasteiger partial charge is 0.290 e. The molecule has 0 aliphatic carbocycles. The van der Waals surface area contributed by atoms with Gasteiger partial charge in [0, 0.05) is 32.6 Å². The first-order valence-corrected chi connectivity index (χ1v) is 8.10. The van der Waals surface area contributed by atoms with Crippen LogP contribution in [0, 0.1) is 0 Å². The molecule has 2 aromatic rings. The van der Waals surface area contributed by atoms with Gasteiger partial charge in [-0.25, -0.2) is 0 Å². The SMILES string of the molecule is CC(=O)N1CCOC(CNC(=O)c2ccc(Oc3ccccc3)o2)C1. The second-order valence-electron chi connectivity index (χ2n) is 5.70. The third-order valence-corrected chi connectivity index (χ3v) is 3.84. The van der Waals surface area contributed by atoms with Crippen LogP contribution in [0.1, 0.15) is 17.5 Å². The summed E-state index contributed by atoms with van der Waals surface area (Å²) < 4.78 is 16.5. The van der Waals surface area contributed by atoms with Crippen LogP contribution in [0.25, 0.3) is 0 Å². The van der Waals surface area contributed by atoms with Crippen molar-refractivity contribution in [2.24, 2.45) is 0 Å². The fraction of sp³-hybridized carbons (Fsp3) is 0.333. The van der Waals surface area contributed by atoms with Gasteiger partial charge in [0.1, 0.15) is 5.75 Å². The van der Waals surface area contributed by atoms with Gasteiger partial charge in [0.15, 0.2) is 5.76 Å². The molecule has 7 heteroatoms. The molecule has 1 aromatic carbocycles. The highest BCUT2D eigenvalue weighted by Gasteiger charge is 2.23. The van der Waals surface area contributed by atoms with Gasteiger partial charge >= 0.3 is 0 Å². The highest BCUT2D eigenvalue weighted by atomic mass is 16.6. The van der Waals surface area contributed by atoms with Crippen LogP contribution in [-0.4, -0.2) is 49.1 Å². The van der Waals surface area contributed by atoms with E-state index < -0.39 is 0 Å². The molecule has 0 radical (unpaired) electrons. The molecular weight excluding hydrogens is 324 g/mol. The van der Waals surface area contributed by atoms with Crippen molar-refractivity contribution in [2.75, 3.05) is 26.2 Å². The maximum atomic E-state index is 12.2. The van der Waals surface area contributed by atoms with Gasteiger partial charge in [0.25, 0.3) is 11.9 Å². The molecule has 1 aromatic heterocycles. The molecule has 0 spiro atoms. The first-order chi connectivity index (χ1) is 12.1. The number of morpholine rings is 1. The van der Waals surface area contributed by atoms with E-state index in [1.807, 2.05) is 18.2 Å². The quantitative estimate of drug-likeness (QED) is 0.898. The Morgan fingerprint density at radius 3 is 2.80 bits per heavy atom. The van der Waals surface area contributed by atoms with Crippen LogP contribution in [0.3, 0.4) is 0 Å². The number of ether oxygens (including phenoxy) is 2. The van der Waals surface area contributed by atoms with Gasteiger partial charge in [0.2, 0.25) is 5.91 Å². The predicted molar refractivity (Wildman–Crippen MR) is 89.6 cm³/mol. The lowest BCUT2D eigenvalue weighted by atomic mass is 10.2. The second kappa shape index (κ2) is 7.85. The standard InChI is InChI=1S/C18H20N2O5/c1-13(21)20-9-10-23-15(12-20)11-19-18(22)16-7-8-17(25-16)24-14-5-3-2-4-6-14/h2-8,15H,9-12H2,1H3,(H,19,22). The minimum Gasteiger partial charge on any atom is -0.426 e. The monoisotopic (exact) mass is 344 g/mol. The van der Waals surface area contributed by atoms with Crippen molar-refractivity contribution < 1.29 is 23.5 Å². The number of nitrogens with zero attached hydrogens (tertiary/aromatic N) is 1. The molecular formula is C18H20N2O5. The molecule has 2 amide bonds. The molecule has 1 atom stereocenters. The summed E-state index contributed by atoms with van der Waals surface area (Å²) in [5, 5.41) is 2.75. The van der Waals surface area contributed by atoms with Crippen LogP contribution in [0.15, 0.2) is 46.9 Å². The number of benzene rings is 1. The summed E-state index contributed by atoms with van der Waals surface area (Å²) in [5.74, 6) is 0.682. The van der Waals surface area contributed by atoms with E-state index in [0.29, 0.717) is 32.0 Å². The number of hydrogen-bond donors (Lipinski definition) is 1. The van der Waals surface area contributed by atoms with E-state index in [0.717, 1.165) is 0 Å². The van der Waals surface area contributed by atoms with Gasteiger partial charge < -0.3 is 24.1 Å². The Balaban J connectivity index is 1.51. The van der Waals surface area contributed by atoms with E-state index in [1.54, 1.807) is 29.2 Å². The lowest BCUT2D eigenvalue weighted by Gasteiger charge is -2.32. The van der Waals surface area contributed by atoms with E-state index in [4.69, 9.17) is 13.9 Å². The molecule has 1 N–H and O–H groups in total. The first kappa shape index (κ1) is 17.0. The van der Waals surface area contributed by atoms with Gasteiger partial charge in [0.05, 0.1) is 12.7 Å². The van der Waals surface area contributed by atoms with Gasteiger partial charge in [-0.15, -0.1) is 0 Å². The summed E-state index contributed by atoms with van der Waals surface area (Å²) in [6.45, 7) is 3.35. The molecule has 132 valence electrons. The molecule has 1 aliphatic heterocycles. The largest absolute Gasteiger partial charge is 0.426 e. The van der Waals surface area contributed by atoms with Crippen LogP contribution >= 0.6 is 0 Å². The number of carbonyl (C=O) groups is 2. The van der Waals surface area contributed by atoms with Gasteiger partial charge in [-0.2, -0.15) is 0 Å². The molecule has 1 saturated heterocycles. The summed E-state index contributed by atoms with van der Waals surface area (Å²) in [6, 6.07) is 12.3. The molecule has 1 aliphatic rings. The number of nitrogens with one attached hydrogen (secondary N) is 1. The van der Waals surface area contributed by atoms with Gasteiger partial charge in [-0.05, 0) is 18.2 Å². The Morgan fingerprint density at radius 2 is 2.04 bits per heavy atom. The Kier molecular flexibility index (Phi) is 5.35. The zero-order valence-electron chi connectivity index (χ0n) is 13.9. The normalized spacial score (nSPS) is 17.2. The minimum atomic E-state index is -0.355. The van der Waals surface area contributed by atoms with Crippen molar-refractivity contribution in [3.05, 3.63) is 48.2 Å². The Hall–Kier alpha value is -2.80. The van der Waals surface area contributed by atoms with Gasteiger partial charge in [-0.3, -0.25) is 9.59 Å². The summed E-state index contributed by atoms with van der Waals surface area (Å²) in [6.07, 6.45) is -0.225. The number of carbonyl (C=O) groups excluding carboxylic acids is 2. The maximum Gasteiger partial charge on any atom is 0.290 e. The van der Waals surface area contributed by atoms with Crippen molar-refractivity contribution in [3.8, 4) is 11.7 Å². The van der Waals surface area contributed by atoms with Crippen molar-refractivity contribution in [1.82, 2.24) is 10.2 Å². The number of amides is 2. The molecule has 1 fully saturated rings. The third-order valence-electron chi connectivity index (χ3n) is 3.84. The molecule has 3 rings (SSSR count). The first-order valence-electron chi connectivity index (χ1n) is 8.10. The van der Waals surface area contributed by atoms with Crippen molar-refractivity contribution in [2.45, 2.75) is 13.0 Å². The van der Waals surface area contributed by atoms with Crippen LogP contribution in [-0.2, 0) is 9.53 Å². The topological polar surface area (TPSA) is 81.0 Å². The maximum absolute atomic E-state index is 12.2. The number of furan rings is 1. The van der Waals surface area contributed by atoms with Crippen LogP contribution < -0.4 is 10.1 Å². The molecule has 0 saturated carbocycles. The fourth-order valence-corrected chi connectivity index (χ4v) is 2.52. The van der Waals surface area contributed by atoms with Crippen LogP contribution in [0.5, 0.6) is 11.7 Å². The molecule has 25 heavy (non-hydrogen) atoms. The predicted octanol–water partition coefficient (Wildman–Crippen LogP) is 2.05. The van der Waals surface area contributed by atoms with E-state index >= 15 is 0 Å². The zero-order valence-corrected chi connectivity index (χ0v) is 13.9. The summed E-state index contributed by atoms with van der Waals surface area (Å²) >= 11 is 0. The van der Waals surface area contributed by atoms with E-state index in [1.165, 1.54) is 6.92 Å². The highest BCUT2D eigenvalue weighted by molar-refractivity contribution is 5.91. The molecule has 0 bridgehead atoms. The van der Waals surface area contributed by atoms with Crippen LogP contribution in [0.4, 0.5) is 0 Å². The van der Waals surface area contributed by atoms with Crippen molar-refractivity contribution in [1.29, 1.82) is 0 Å². The van der Waals surface area contributed by atoms with E-state index in [9.17, 15) is 9.59 Å². The summed E-state index contributed by atoms with van der Waals surface area (Å²) in [7, 11) is 0. The Labute approximate surface area is 145 Å². The lowest BCUT2D eigenvalue weighted by molar-refractivity contribution is -0.136. The van der Waals surface area contributed by atoms with Gasteiger partial charge in [-0.1, -0.05) is 18.2 Å².